The summed E-state index contributed by atoms with van der Waals surface area (Å²) in [6.45, 7) is 3.24. The van der Waals surface area contributed by atoms with Gasteiger partial charge in [-0.1, -0.05) is 41.1 Å². The van der Waals surface area contributed by atoms with Gasteiger partial charge in [-0.3, -0.25) is 4.79 Å². The monoisotopic (exact) mass is 304 g/mol. The highest BCUT2D eigenvalue weighted by Gasteiger charge is 2.22. The molecular weight excluding hydrogens is 292 g/mol. The van der Waals surface area contributed by atoms with Crippen molar-refractivity contribution in [3.8, 4) is 0 Å². The Hall–Kier alpha value is -0.680. The largest absolute Gasteiger partial charge is 0.293 e. The Morgan fingerprint density at radius 1 is 1.38 bits per heavy atom. The molecule has 0 fully saturated rings. The number of hydrogen-bond donors (Lipinski definition) is 0. The van der Waals surface area contributed by atoms with Gasteiger partial charge >= 0.3 is 0 Å². The third-order valence-corrected chi connectivity index (χ3v) is 4.43. The molecule has 0 aliphatic carbocycles. The highest BCUT2D eigenvalue weighted by atomic mass is 79.9. The van der Waals surface area contributed by atoms with Crippen LogP contribution in [0.1, 0.15) is 24.2 Å². The summed E-state index contributed by atoms with van der Waals surface area (Å²) in [7, 11) is -3.35. The number of hydrogen-bond acceptors (Lipinski definition) is 3. The molecule has 0 heterocycles. The van der Waals surface area contributed by atoms with Gasteiger partial charge in [0.05, 0.1) is 15.5 Å². The SMILES string of the molecule is CCS(=O)(=O)c1ccccc1C(=O)C(C)Br. The topological polar surface area (TPSA) is 51.2 Å². The number of carbonyl (C=O) groups excluding carboxylic acids is 1. The van der Waals surface area contributed by atoms with Crippen LogP contribution in [-0.4, -0.2) is 24.8 Å². The van der Waals surface area contributed by atoms with Crippen LogP contribution in [0.15, 0.2) is 29.2 Å². The fourth-order valence-corrected chi connectivity index (χ4v) is 2.66. The zero-order valence-corrected chi connectivity index (χ0v) is 11.5. The molecule has 1 atom stereocenters. The van der Waals surface area contributed by atoms with Crippen LogP contribution in [0.4, 0.5) is 0 Å². The Kier molecular flexibility index (Phi) is 4.27. The lowest BCUT2D eigenvalue weighted by atomic mass is 10.1. The van der Waals surface area contributed by atoms with Crippen LogP contribution in [0.5, 0.6) is 0 Å². The number of Topliss-reactive ketones (excluding diaryl/α,β-unsaturated/α-hetero) is 1. The first-order chi connectivity index (χ1) is 7.40. The Bertz CT molecular complexity index is 492. The molecule has 0 bridgehead atoms. The van der Waals surface area contributed by atoms with Crippen molar-refractivity contribution in [3.05, 3.63) is 29.8 Å². The molecule has 16 heavy (non-hydrogen) atoms. The average molecular weight is 305 g/mol. The predicted octanol–water partition coefficient (Wildman–Crippen LogP) is 2.45. The summed E-state index contributed by atoms with van der Waals surface area (Å²) in [5.74, 6) is -0.221. The van der Waals surface area contributed by atoms with Crippen LogP contribution in [0, 0.1) is 0 Å². The van der Waals surface area contributed by atoms with Crippen molar-refractivity contribution in [2.45, 2.75) is 23.6 Å². The molecule has 0 N–H and O–H groups in total. The lowest BCUT2D eigenvalue weighted by molar-refractivity contribution is 0.0992. The molecule has 0 spiro atoms. The van der Waals surface area contributed by atoms with Crippen molar-refractivity contribution in [1.82, 2.24) is 0 Å². The molecule has 5 heteroatoms. The van der Waals surface area contributed by atoms with Crippen LogP contribution in [0.3, 0.4) is 0 Å². The summed E-state index contributed by atoms with van der Waals surface area (Å²) >= 11 is 3.15. The van der Waals surface area contributed by atoms with E-state index in [1.807, 2.05) is 0 Å². The maximum absolute atomic E-state index is 11.8. The van der Waals surface area contributed by atoms with Gasteiger partial charge in [0.25, 0.3) is 0 Å². The normalized spacial score (nSPS) is 13.4. The smallest absolute Gasteiger partial charge is 0.178 e. The summed E-state index contributed by atoms with van der Waals surface area (Å²) in [5.41, 5.74) is 0.258. The minimum Gasteiger partial charge on any atom is -0.293 e. The molecule has 0 aromatic heterocycles. The van der Waals surface area contributed by atoms with E-state index in [-0.39, 0.29) is 26.8 Å². The van der Waals surface area contributed by atoms with Gasteiger partial charge in [0.1, 0.15) is 0 Å². The molecule has 3 nitrogen and oxygen atoms in total. The first kappa shape index (κ1) is 13.4. The zero-order valence-electron chi connectivity index (χ0n) is 9.10. The molecule has 0 radical (unpaired) electrons. The molecule has 0 aliphatic rings. The van der Waals surface area contributed by atoms with Crippen molar-refractivity contribution in [3.63, 3.8) is 0 Å². The fraction of sp³-hybridized carbons (Fsp3) is 0.364. The molecule has 1 unspecified atom stereocenters. The standard InChI is InChI=1S/C11H13BrO3S/c1-3-16(14,15)10-7-5-4-6-9(10)11(13)8(2)12/h4-8H,3H2,1-2H3. The average Bonchev–Trinajstić information content (AvgIpc) is 2.28. The molecule has 1 aromatic carbocycles. The maximum atomic E-state index is 11.8. The molecule has 1 rings (SSSR count). The van der Waals surface area contributed by atoms with Gasteiger partial charge in [-0.2, -0.15) is 0 Å². The van der Waals surface area contributed by atoms with E-state index in [4.69, 9.17) is 0 Å². The van der Waals surface area contributed by atoms with Gasteiger partial charge in [0, 0.05) is 5.56 Å². The van der Waals surface area contributed by atoms with E-state index in [2.05, 4.69) is 15.9 Å². The highest BCUT2D eigenvalue weighted by molar-refractivity contribution is 9.10. The van der Waals surface area contributed by atoms with Crippen molar-refractivity contribution in [1.29, 1.82) is 0 Å². The third kappa shape index (κ3) is 2.71. The Balaban J connectivity index is 3.38. The summed E-state index contributed by atoms with van der Waals surface area (Å²) in [6, 6.07) is 6.31. The van der Waals surface area contributed by atoms with Gasteiger partial charge in [0.15, 0.2) is 15.6 Å². The van der Waals surface area contributed by atoms with Crippen molar-refractivity contribution in [2.75, 3.05) is 5.75 Å². The van der Waals surface area contributed by atoms with Crippen molar-refractivity contribution < 1.29 is 13.2 Å². The first-order valence-electron chi connectivity index (χ1n) is 4.90. The lowest BCUT2D eigenvalue weighted by Crippen LogP contribution is -2.16. The van der Waals surface area contributed by atoms with Crippen LogP contribution in [-0.2, 0) is 9.84 Å². The van der Waals surface area contributed by atoms with Gasteiger partial charge in [-0.05, 0) is 13.0 Å². The number of rotatable bonds is 4. The Morgan fingerprint density at radius 2 is 1.94 bits per heavy atom. The summed E-state index contributed by atoms with van der Waals surface area (Å²) in [4.78, 5) is 11.5. The summed E-state index contributed by atoms with van der Waals surface area (Å²) in [5, 5.41) is 0. The molecule has 0 saturated carbocycles. The van der Waals surface area contributed by atoms with Crippen LogP contribution in [0.25, 0.3) is 0 Å². The maximum Gasteiger partial charge on any atom is 0.178 e. The second kappa shape index (κ2) is 5.10. The third-order valence-electron chi connectivity index (χ3n) is 2.23. The number of ketones is 1. The number of benzene rings is 1. The van der Waals surface area contributed by atoms with E-state index in [0.717, 1.165) is 0 Å². The fourth-order valence-electron chi connectivity index (χ4n) is 1.31. The molecule has 0 aliphatic heterocycles. The second-order valence-electron chi connectivity index (χ2n) is 3.38. The first-order valence-corrected chi connectivity index (χ1v) is 7.47. The Morgan fingerprint density at radius 3 is 2.44 bits per heavy atom. The molecule has 0 saturated heterocycles. The van der Waals surface area contributed by atoms with E-state index in [1.165, 1.54) is 6.07 Å². The van der Waals surface area contributed by atoms with Crippen molar-refractivity contribution in [2.24, 2.45) is 0 Å². The van der Waals surface area contributed by atoms with E-state index in [9.17, 15) is 13.2 Å². The van der Waals surface area contributed by atoms with E-state index < -0.39 is 9.84 Å². The minimum atomic E-state index is -3.35. The number of carbonyl (C=O) groups is 1. The number of alkyl halides is 1. The van der Waals surface area contributed by atoms with Gasteiger partial charge < -0.3 is 0 Å². The quantitative estimate of drug-likeness (QED) is 0.634. The molecule has 0 amide bonds. The molecular formula is C11H13BrO3S. The van der Waals surface area contributed by atoms with Crippen LogP contribution >= 0.6 is 15.9 Å². The molecule has 1 aromatic rings. The lowest BCUT2D eigenvalue weighted by Gasteiger charge is -2.09. The summed E-state index contributed by atoms with van der Waals surface area (Å²) < 4.78 is 23.6. The van der Waals surface area contributed by atoms with Crippen molar-refractivity contribution >= 4 is 31.6 Å². The van der Waals surface area contributed by atoms with Crippen LogP contribution in [0.2, 0.25) is 0 Å². The highest BCUT2D eigenvalue weighted by Crippen LogP contribution is 2.20. The van der Waals surface area contributed by atoms with E-state index >= 15 is 0 Å². The number of halogens is 1. The summed E-state index contributed by atoms with van der Waals surface area (Å²) in [6.07, 6.45) is 0. The van der Waals surface area contributed by atoms with Gasteiger partial charge in [-0.25, -0.2) is 8.42 Å². The van der Waals surface area contributed by atoms with Gasteiger partial charge in [-0.15, -0.1) is 0 Å². The predicted molar refractivity (Wildman–Crippen MR) is 66.9 cm³/mol. The number of sulfone groups is 1. The Labute approximate surface area is 104 Å². The van der Waals surface area contributed by atoms with Gasteiger partial charge in [0.2, 0.25) is 0 Å². The van der Waals surface area contributed by atoms with Crippen LogP contribution < -0.4 is 0 Å². The van der Waals surface area contributed by atoms with E-state index in [1.54, 1.807) is 32.0 Å². The molecule has 88 valence electrons. The minimum absolute atomic E-state index is 0.00599. The zero-order chi connectivity index (χ0) is 12.3. The second-order valence-corrected chi connectivity index (χ2v) is 7.00. The van der Waals surface area contributed by atoms with E-state index in [0.29, 0.717) is 0 Å².